The highest BCUT2D eigenvalue weighted by Gasteiger charge is 2.35. The molecule has 0 aromatic carbocycles. The molecule has 0 atom stereocenters. The van der Waals surface area contributed by atoms with Gasteiger partial charge < -0.3 is 4.74 Å². The molecule has 0 aliphatic heterocycles. The Labute approximate surface area is 144 Å². The van der Waals surface area contributed by atoms with Crippen LogP contribution in [0.4, 0.5) is 13.2 Å². The van der Waals surface area contributed by atoms with Crippen molar-refractivity contribution in [3.8, 4) is 16.3 Å². The van der Waals surface area contributed by atoms with Crippen LogP contribution in [0.1, 0.15) is 15.4 Å². The van der Waals surface area contributed by atoms with Gasteiger partial charge in [0, 0.05) is 19.2 Å². The monoisotopic (exact) mass is 368 g/mol. The van der Waals surface area contributed by atoms with Gasteiger partial charge in [0.15, 0.2) is 12.4 Å². The second-order valence-electron chi connectivity index (χ2n) is 5.15. The number of halogens is 3. The molecule has 3 aromatic rings. The molecule has 0 aliphatic carbocycles. The molecule has 0 N–H and O–H groups in total. The first kappa shape index (κ1) is 17.2. The van der Waals surface area contributed by atoms with Gasteiger partial charge in [0.2, 0.25) is 0 Å². The Bertz CT molecular complexity index is 914. The molecule has 0 aliphatic rings. The summed E-state index contributed by atoms with van der Waals surface area (Å²) in [4.78, 5) is 13.3. The second-order valence-corrected chi connectivity index (χ2v) is 6.23. The average molecular weight is 368 g/mol. The van der Waals surface area contributed by atoms with E-state index in [9.17, 15) is 18.0 Å². The average Bonchev–Trinajstić information content (AvgIpc) is 3.20. The highest BCUT2D eigenvalue weighted by Crippen LogP contribution is 2.34. The molecule has 0 bridgehead atoms. The molecule has 130 valence electrons. The molecule has 0 saturated heterocycles. The minimum Gasteiger partial charge on any atom is -0.496 e. The number of nitrogens with zero attached hydrogens (tertiary/aromatic N) is 3. The maximum absolute atomic E-state index is 12.9. The summed E-state index contributed by atoms with van der Waals surface area (Å²) in [5, 5.41) is 3.89. The van der Waals surface area contributed by atoms with Crippen molar-refractivity contribution in [1.82, 2.24) is 9.78 Å². The van der Waals surface area contributed by atoms with Gasteiger partial charge in [-0.05, 0) is 18.2 Å². The van der Waals surface area contributed by atoms with Crippen LogP contribution in [0.15, 0.2) is 42.7 Å². The Hall–Kier alpha value is -2.68. The number of alkyl halides is 3. The number of aromatic nitrogens is 3. The van der Waals surface area contributed by atoms with E-state index in [-0.39, 0.29) is 11.6 Å². The summed E-state index contributed by atoms with van der Waals surface area (Å²) in [6.07, 6.45) is -1.36. The highest BCUT2D eigenvalue weighted by molar-refractivity contribution is 7.17. The SMILES string of the molecule is COc1cc[n+](C(=O)c2ccc(-c3cc(C(F)(F)F)n(C)n3)s2)cc1. The van der Waals surface area contributed by atoms with E-state index in [2.05, 4.69) is 5.10 Å². The van der Waals surface area contributed by atoms with E-state index in [1.165, 1.54) is 18.7 Å². The Balaban J connectivity index is 1.88. The Morgan fingerprint density at radius 1 is 1.24 bits per heavy atom. The first-order chi connectivity index (χ1) is 11.8. The molecular weight excluding hydrogens is 355 g/mol. The summed E-state index contributed by atoms with van der Waals surface area (Å²) < 4.78 is 45.8. The fourth-order valence-electron chi connectivity index (χ4n) is 2.25. The number of pyridine rings is 1. The molecule has 5 nitrogen and oxygen atoms in total. The van der Waals surface area contributed by atoms with Gasteiger partial charge in [-0.2, -0.15) is 18.3 Å². The van der Waals surface area contributed by atoms with E-state index in [1.807, 2.05) is 0 Å². The lowest BCUT2D eigenvalue weighted by molar-refractivity contribution is -0.570. The molecule has 3 heterocycles. The predicted octanol–water partition coefficient (Wildman–Crippen LogP) is 3.15. The van der Waals surface area contributed by atoms with Gasteiger partial charge >= 0.3 is 12.1 Å². The summed E-state index contributed by atoms with van der Waals surface area (Å²) in [5.41, 5.74) is -0.660. The molecule has 3 aromatic heterocycles. The Morgan fingerprint density at radius 2 is 1.92 bits per heavy atom. The van der Waals surface area contributed by atoms with Gasteiger partial charge in [-0.25, -0.2) is 4.79 Å². The third-order valence-electron chi connectivity index (χ3n) is 3.51. The Kier molecular flexibility index (Phi) is 4.34. The third-order valence-corrected chi connectivity index (χ3v) is 4.60. The molecule has 3 rings (SSSR count). The lowest BCUT2D eigenvalue weighted by Gasteiger charge is -2.04. The van der Waals surface area contributed by atoms with Gasteiger partial charge in [-0.1, -0.05) is 0 Å². The van der Waals surface area contributed by atoms with Crippen LogP contribution in [0.25, 0.3) is 10.6 Å². The van der Waals surface area contributed by atoms with Crippen LogP contribution >= 0.6 is 11.3 Å². The zero-order chi connectivity index (χ0) is 18.2. The largest absolute Gasteiger partial charge is 0.496 e. The summed E-state index contributed by atoms with van der Waals surface area (Å²) in [7, 11) is 2.76. The van der Waals surface area contributed by atoms with Crippen molar-refractivity contribution in [2.24, 2.45) is 7.05 Å². The van der Waals surface area contributed by atoms with E-state index in [1.54, 1.807) is 36.7 Å². The minimum atomic E-state index is -4.48. The zero-order valence-electron chi connectivity index (χ0n) is 13.2. The first-order valence-corrected chi connectivity index (χ1v) is 7.92. The normalized spacial score (nSPS) is 11.6. The molecule has 0 fully saturated rings. The number of methoxy groups -OCH3 is 1. The van der Waals surface area contributed by atoms with Crippen molar-refractivity contribution in [3.05, 3.63) is 53.3 Å². The third kappa shape index (κ3) is 3.41. The van der Waals surface area contributed by atoms with Crippen molar-refractivity contribution in [2.45, 2.75) is 6.18 Å². The van der Waals surface area contributed by atoms with Crippen molar-refractivity contribution in [3.63, 3.8) is 0 Å². The standard InChI is InChI=1S/C16H13F3N3O2S/c1-21-14(16(17,18)19)9-11(20-21)12-3-4-13(25-12)15(23)22-7-5-10(24-2)6-8-22/h3-9H,1-2H3/q+1. The molecular formula is C16H13F3N3O2S+. The quantitative estimate of drug-likeness (QED) is 0.668. The van der Waals surface area contributed by atoms with E-state index >= 15 is 0 Å². The van der Waals surface area contributed by atoms with Crippen LogP contribution in [-0.4, -0.2) is 22.8 Å². The topological polar surface area (TPSA) is 48.0 Å². The highest BCUT2D eigenvalue weighted by atomic mass is 32.1. The van der Waals surface area contributed by atoms with Gasteiger partial charge in [-0.15, -0.1) is 15.9 Å². The van der Waals surface area contributed by atoms with E-state index < -0.39 is 11.9 Å². The number of carbonyl (C=O) groups is 1. The fourth-order valence-corrected chi connectivity index (χ4v) is 3.16. The van der Waals surface area contributed by atoms with E-state index in [0.717, 1.165) is 22.1 Å². The van der Waals surface area contributed by atoms with Crippen molar-refractivity contribution in [2.75, 3.05) is 7.11 Å². The smallest absolute Gasteiger partial charge is 0.434 e. The molecule has 0 unspecified atom stereocenters. The van der Waals surface area contributed by atoms with E-state index in [4.69, 9.17) is 4.74 Å². The fraction of sp³-hybridized carbons (Fsp3) is 0.188. The first-order valence-electron chi connectivity index (χ1n) is 7.11. The van der Waals surface area contributed by atoms with Crippen LogP contribution in [0.2, 0.25) is 0 Å². The summed E-state index contributed by atoms with van der Waals surface area (Å²) in [6, 6.07) is 7.41. The number of ether oxygens (including phenoxy) is 1. The van der Waals surface area contributed by atoms with Crippen molar-refractivity contribution >= 4 is 17.2 Å². The van der Waals surface area contributed by atoms with Gasteiger partial charge in [-0.3, -0.25) is 4.68 Å². The van der Waals surface area contributed by atoms with Crippen LogP contribution in [0.5, 0.6) is 5.75 Å². The number of hydrogen-bond acceptors (Lipinski definition) is 4. The number of thiophene rings is 1. The van der Waals surface area contributed by atoms with Crippen LogP contribution in [0.3, 0.4) is 0 Å². The van der Waals surface area contributed by atoms with Gasteiger partial charge in [0.1, 0.15) is 22.0 Å². The number of carbonyl (C=O) groups excluding carboxylic acids is 1. The van der Waals surface area contributed by atoms with Crippen LogP contribution in [-0.2, 0) is 13.2 Å². The lowest BCUT2D eigenvalue weighted by Crippen LogP contribution is -2.41. The molecule has 0 saturated carbocycles. The van der Waals surface area contributed by atoms with Crippen LogP contribution < -0.4 is 9.30 Å². The maximum Gasteiger partial charge on any atom is 0.434 e. The zero-order valence-corrected chi connectivity index (χ0v) is 14.1. The summed E-state index contributed by atoms with van der Waals surface area (Å²) >= 11 is 1.09. The molecule has 0 radical (unpaired) electrons. The predicted molar refractivity (Wildman–Crippen MR) is 84.4 cm³/mol. The number of hydrogen-bond donors (Lipinski definition) is 0. The molecule has 25 heavy (non-hydrogen) atoms. The van der Waals surface area contributed by atoms with Crippen molar-refractivity contribution in [1.29, 1.82) is 0 Å². The summed E-state index contributed by atoms with van der Waals surface area (Å²) in [6.45, 7) is 0. The van der Waals surface area contributed by atoms with E-state index in [0.29, 0.717) is 15.5 Å². The van der Waals surface area contributed by atoms with Crippen molar-refractivity contribution < 1.29 is 27.3 Å². The number of rotatable bonds is 3. The Morgan fingerprint density at radius 3 is 2.48 bits per heavy atom. The number of aryl methyl sites for hydroxylation is 1. The second kappa shape index (κ2) is 6.32. The molecule has 9 heteroatoms. The van der Waals surface area contributed by atoms with Gasteiger partial charge in [0.05, 0.1) is 12.0 Å². The molecule has 0 amide bonds. The minimum absolute atomic E-state index is 0.179. The summed E-state index contributed by atoms with van der Waals surface area (Å²) in [5.74, 6) is 0.329. The maximum atomic E-state index is 12.9. The van der Waals surface area contributed by atoms with Gasteiger partial charge in [0.25, 0.3) is 0 Å². The lowest BCUT2D eigenvalue weighted by atomic mass is 10.3. The molecule has 0 spiro atoms. The van der Waals surface area contributed by atoms with Crippen LogP contribution in [0, 0.1) is 0 Å².